The van der Waals surface area contributed by atoms with E-state index in [1.165, 1.54) is 0 Å². The number of hydrogen-bond acceptors (Lipinski definition) is 5. The van der Waals surface area contributed by atoms with Crippen molar-refractivity contribution < 1.29 is 14.6 Å². The van der Waals surface area contributed by atoms with Crippen LogP contribution in [0, 0.1) is 0 Å². The standard InChI is InChI=1S/C13H21N3O3/c1-4-7-13(3,11(17)18)16-12-14-8-6-10(15-12)19-9-5-2/h6,8H,4-5,7,9H2,1-3H3,(H,17,18)(H,14,15,16). The van der Waals surface area contributed by atoms with Gasteiger partial charge in [-0.2, -0.15) is 4.98 Å². The first kappa shape index (κ1) is 15.2. The van der Waals surface area contributed by atoms with E-state index in [0.29, 0.717) is 18.9 Å². The molecule has 1 aromatic rings. The lowest BCUT2D eigenvalue weighted by Gasteiger charge is -2.25. The Balaban J connectivity index is 2.82. The lowest BCUT2D eigenvalue weighted by molar-refractivity contribution is -0.142. The topological polar surface area (TPSA) is 84.3 Å². The Morgan fingerprint density at radius 2 is 2.21 bits per heavy atom. The Bertz CT molecular complexity index is 425. The predicted octanol–water partition coefficient (Wildman–Crippen LogP) is 2.32. The number of aromatic nitrogens is 2. The Hall–Kier alpha value is -1.85. The van der Waals surface area contributed by atoms with Gasteiger partial charge in [0.2, 0.25) is 11.8 Å². The van der Waals surface area contributed by atoms with E-state index in [4.69, 9.17) is 4.74 Å². The molecule has 0 aliphatic heterocycles. The van der Waals surface area contributed by atoms with Crippen molar-refractivity contribution in [2.45, 2.75) is 45.6 Å². The highest BCUT2D eigenvalue weighted by molar-refractivity contribution is 5.81. The van der Waals surface area contributed by atoms with Gasteiger partial charge in [-0.1, -0.05) is 20.3 Å². The summed E-state index contributed by atoms with van der Waals surface area (Å²) >= 11 is 0. The molecule has 0 fully saturated rings. The van der Waals surface area contributed by atoms with E-state index in [1.807, 2.05) is 13.8 Å². The van der Waals surface area contributed by atoms with Gasteiger partial charge in [-0.05, 0) is 19.8 Å². The molecular formula is C13H21N3O3. The van der Waals surface area contributed by atoms with Gasteiger partial charge >= 0.3 is 5.97 Å². The molecule has 0 aromatic carbocycles. The van der Waals surface area contributed by atoms with Crippen molar-refractivity contribution in [3.8, 4) is 5.88 Å². The summed E-state index contributed by atoms with van der Waals surface area (Å²) in [6, 6.07) is 1.65. The smallest absolute Gasteiger partial charge is 0.329 e. The van der Waals surface area contributed by atoms with Crippen molar-refractivity contribution in [1.29, 1.82) is 0 Å². The van der Waals surface area contributed by atoms with Crippen LogP contribution in [0.3, 0.4) is 0 Å². The van der Waals surface area contributed by atoms with E-state index in [9.17, 15) is 9.90 Å². The summed E-state index contributed by atoms with van der Waals surface area (Å²) in [5.41, 5.74) is -1.07. The molecule has 19 heavy (non-hydrogen) atoms. The van der Waals surface area contributed by atoms with Crippen LogP contribution in [0.2, 0.25) is 0 Å². The first-order valence-electron chi connectivity index (χ1n) is 6.49. The van der Waals surface area contributed by atoms with Crippen LogP contribution in [-0.4, -0.2) is 33.2 Å². The molecule has 0 bridgehead atoms. The minimum atomic E-state index is -1.07. The average Bonchev–Trinajstić information content (AvgIpc) is 2.37. The zero-order chi connectivity index (χ0) is 14.3. The molecule has 1 rings (SSSR count). The molecule has 0 aliphatic rings. The number of carbonyl (C=O) groups is 1. The molecule has 0 saturated heterocycles. The summed E-state index contributed by atoms with van der Waals surface area (Å²) in [6.07, 6.45) is 3.68. The summed E-state index contributed by atoms with van der Waals surface area (Å²) in [6.45, 7) is 6.14. The molecule has 0 spiro atoms. The third-order valence-corrected chi connectivity index (χ3v) is 2.69. The summed E-state index contributed by atoms with van der Waals surface area (Å²) in [5, 5.41) is 12.2. The molecule has 6 heteroatoms. The van der Waals surface area contributed by atoms with Crippen LogP contribution in [0.25, 0.3) is 0 Å². The number of nitrogens with one attached hydrogen (secondary N) is 1. The molecular weight excluding hydrogens is 246 g/mol. The zero-order valence-electron chi connectivity index (χ0n) is 11.6. The Morgan fingerprint density at radius 1 is 1.47 bits per heavy atom. The van der Waals surface area contributed by atoms with Gasteiger partial charge in [-0.3, -0.25) is 0 Å². The van der Waals surface area contributed by atoms with Crippen LogP contribution in [0.1, 0.15) is 40.0 Å². The first-order chi connectivity index (χ1) is 9.01. The molecule has 2 N–H and O–H groups in total. The lowest BCUT2D eigenvalue weighted by Crippen LogP contribution is -2.43. The molecule has 0 aliphatic carbocycles. The van der Waals surface area contributed by atoms with Gasteiger partial charge in [-0.25, -0.2) is 9.78 Å². The maximum absolute atomic E-state index is 11.3. The highest BCUT2D eigenvalue weighted by Gasteiger charge is 2.32. The number of hydrogen-bond donors (Lipinski definition) is 2. The number of aliphatic carboxylic acids is 1. The highest BCUT2D eigenvalue weighted by Crippen LogP contribution is 2.19. The lowest BCUT2D eigenvalue weighted by atomic mass is 9.97. The van der Waals surface area contributed by atoms with Crippen molar-refractivity contribution >= 4 is 11.9 Å². The largest absolute Gasteiger partial charge is 0.480 e. The van der Waals surface area contributed by atoms with E-state index in [2.05, 4.69) is 15.3 Å². The maximum atomic E-state index is 11.3. The molecule has 0 amide bonds. The normalized spacial score (nSPS) is 13.6. The van der Waals surface area contributed by atoms with Crippen molar-refractivity contribution in [3.05, 3.63) is 12.3 Å². The summed E-state index contributed by atoms with van der Waals surface area (Å²) < 4.78 is 5.39. The van der Waals surface area contributed by atoms with E-state index >= 15 is 0 Å². The van der Waals surface area contributed by atoms with Crippen LogP contribution >= 0.6 is 0 Å². The Labute approximate surface area is 113 Å². The van der Waals surface area contributed by atoms with Crippen LogP contribution in [-0.2, 0) is 4.79 Å². The fraction of sp³-hybridized carbons (Fsp3) is 0.615. The molecule has 1 heterocycles. The molecule has 1 unspecified atom stereocenters. The minimum Gasteiger partial charge on any atom is -0.480 e. The molecule has 1 aromatic heterocycles. The minimum absolute atomic E-state index is 0.270. The fourth-order valence-corrected chi connectivity index (χ4v) is 1.66. The number of rotatable bonds is 8. The summed E-state index contributed by atoms with van der Waals surface area (Å²) in [7, 11) is 0. The van der Waals surface area contributed by atoms with Gasteiger partial charge in [0.05, 0.1) is 6.61 Å². The van der Waals surface area contributed by atoms with Gasteiger partial charge in [-0.15, -0.1) is 0 Å². The third-order valence-electron chi connectivity index (χ3n) is 2.69. The van der Waals surface area contributed by atoms with E-state index in [1.54, 1.807) is 19.2 Å². The van der Waals surface area contributed by atoms with Gasteiger partial charge < -0.3 is 15.2 Å². The molecule has 106 valence electrons. The number of carboxylic acids is 1. The maximum Gasteiger partial charge on any atom is 0.329 e. The van der Waals surface area contributed by atoms with Crippen molar-refractivity contribution in [2.75, 3.05) is 11.9 Å². The van der Waals surface area contributed by atoms with E-state index in [-0.39, 0.29) is 5.95 Å². The summed E-state index contributed by atoms with van der Waals surface area (Å²) in [5.74, 6) is -0.201. The number of ether oxygens (including phenoxy) is 1. The quantitative estimate of drug-likeness (QED) is 0.752. The molecule has 1 atom stereocenters. The second-order valence-corrected chi connectivity index (χ2v) is 4.58. The van der Waals surface area contributed by atoms with Crippen molar-refractivity contribution in [2.24, 2.45) is 0 Å². The SMILES string of the molecule is CCCOc1ccnc(NC(C)(CCC)C(=O)O)n1. The first-order valence-corrected chi connectivity index (χ1v) is 6.49. The predicted molar refractivity (Wildman–Crippen MR) is 72.4 cm³/mol. The molecule has 0 saturated carbocycles. The number of nitrogens with zero attached hydrogens (tertiary/aromatic N) is 2. The summed E-state index contributed by atoms with van der Waals surface area (Å²) in [4.78, 5) is 19.5. The van der Waals surface area contributed by atoms with Crippen molar-refractivity contribution in [1.82, 2.24) is 9.97 Å². The monoisotopic (exact) mass is 267 g/mol. The van der Waals surface area contributed by atoms with E-state index in [0.717, 1.165) is 12.8 Å². The van der Waals surface area contributed by atoms with Gasteiger partial charge in [0, 0.05) is 12.3 Å². The third kappa shape index (κ3) is 4.39. The average molecular weight is 267 g/mol. The van der Waals surface area contributed by atoms with Gasteiger partial charge in [0.25, 0.3) is 0 Å². The van der Waals surface area contributed by atoms with Crippen LogP contribution in [0.4, 0.5) is 5.95 Å². The second-order valence-electron chi connectivity index (χ2n) is 4.58. The Kier molecular flexibility index (Phi) is 5.54. The van der Waals surface area contributed by atoms with Gasteiger partial charge in [0.15, 0.2) is 0 Å². The molecule has 0 radical (unpaired) electrons. The number of carboxylic acid groups (broad SMARTS) is 1. The van der Waals surface area contributed by atoms with Crippen LogP contribution < -0.4 is 10.1 Å². The highest BCUT2D eigenvalue weighted by atomic mass is 16.5. The van der Waals surface area contributed by atoms with Crippen LogP contribution in [0.15, 0.2) is 12.3 Å². The van der Waals surface area contributed by atoms with E-state index < -0.39 is 11.5 Å². The number of anilines is 1. The van der Waals surface area contributed by atoms with Crippen LogP contribution in [0.5, 0.6) is 5.88 Å². The second kappa shape index (κ2) is 6.92. The van der Waals surface area contributed by atoms with Crippen molar-refractivity contribution in [3.63, 3.8) is 0 Å². The fourth-order valence-electron chi connectivity index (χ4n) is 1.66. The zero-order valence-corrected chi connectivity index (χ0v) is 11.6. The molecule has 6 nitrogen and oxygen atoms in total. The Morgan fingerprint density at radius 3 is 2.79 bits per heavy atom. The van der Waals surface area contributed by atoms with Gasteiger partial charge in [0.1, 0.15) is 5.54 Å².